The van der Waals surface area contributed by atoms with Crippen molar-refractivity contribution in [3.63, 3.8) is 0 Å². The minimum Gasteiger partial charge on any atom is -0.381 e. The lowest BCUT2D eigenvalue weighted by Gasteiger charge is -2.59. The van der Waals surface area contributed by atoms with Gasteiger partial charge in [0, 0.05) is 55.8 Å². The number of anilines is 1. The summed E-state index contributed by atoms with van der Waals surface area (Å²) in [5.41, 5.74) is 3.45. The number of sulfone groups is 1. The second kappa shape index (κ2) is 9.65. The van der Waals surface area contributed by atoms with Crippen LogP contribution in [0.25, 0.3) is 22.3 Å². The molecule has 0 aromatic carbocycles. The first-order valence-electron chi connectivity index (χ1n) is 12.7. The molecule has 10 nitrogen and oxygen atoms in total. The average Bonchev–Trinajstić information content (AvgIpc) is 2.89. The standard InChI is InChI=1S/C28H28N6O4S/c1-38-21-10-28(11-21)16-34(17-28)26-5-3-4-23(33-26)24-7-6-18-13-30-20(9-25(18)32-24)14-31-27(35)19-8-22(15-29-12-19)39(2,36)37/h3-9,12-13,15,21H,10-11,14,16-17H2,1-2H3,(H,31,35). The molecule has 1 saturated carbocycles. The number of ether oxygens (including phenoxy) is 1. The van der Waals surface area contributed by atoms with Crippen LogP contribution in [0.2, 0.25) is 0 Å². The van der Waals surface area contributed by atoms with E-state index in [0.717, 1.165) is 60.3 Å². The molecule has 200 valence electrons. The van der Waals surface area contributed by atoms with E-state index in [0.29, 0.717) is 17.2 Å². The fourth-order valence-corrected chi connectivity index (χ4v) is 5.91. The molecule has 1 spiro atoms. The van der Waals surface area contributed by atoms with Crippen molar-refractivity contribution in [3.8, 4) is 11.4 Å². The summed E-state index contributed by atoms with van der Waals surface area (Å²) in [6.07, 6.45) is 7.97. The van der Waals surface area contributed by atoms with Crippen molar-refractivity contribution >= 4 is 32.5 Å². The summed E-state index contributed by atoms with van der Waals surface area (Å²) in [6, 6.07) is 13.0. The smallest absolute Gasteiger partial charge is 0.253 e. The summed E-state index contributed by atoms with van der Waals surface area (Å²) in [5.74, 6) is 0.512. The quantitative estimate of drug-likeness (QED) is 0.373. The van der Waals surface area contributed by atoms with Crippen LogP contribution in [0, 0.1) is 5.41 Å². The second-order valence-electron chi connectivity index (χ2n) is 10.4. The fourth-order valence-electron chi connectivity index (χ4n) is 5.31. The predicted octanol–water partition coefficient (Wildman–Crippen LogP) is 3.04. The Morgan fingerprint density at radius 3 is 2.64 bits per heavy atom. The molecule has 4 aromatic rings. The molecule has 1 saturated heterocycles. The van der Waals surface area contributed by atoms with Gasteiger partial charge in [0.25, 0.3) is 5.91 Å². The molecule has 0 bridgehead atoms. The first kappa shape index (κ1) is 25.3. The lowest BCUT2D eigenvalue weighted by Crippen LogP contribution is -2.64. The Balaban J connectivity index is 1.15. The van der Waals surface area contributed by atoms with Crippen molar-refractivity contribution in [1.82, 2.24) is 25.3 Å². The number of hydrogen-bond donors (Lipinski definition) is 1. The zero-order chi connectivity index (χ0) is 27.2. The van der Waals surface area contributed by atoms with E-state index in [-0.39, 0.29) is 17.0 Å². The van der Waals surface area contributed by atoms with Crippen LogP contribution in [-0.4, -0.2) is 66.8 Å². The molecule has 5 heterocycles. The summed E-state index contributed by atoms with van der Waals surface area (Å²) in [5, 5.41) is 3.64. The van der Waals surface area contributed by atoms with Gasteiger partial charge < -0.3 is 15.0 Å². The van der Waals surface area contributed by atoms with Crippen LogP contribution in [-0.2, 0) is 21.1 Å². The minimum absolute atomic E-state index is 0.00947. The molecule has 1 N–H and O–H groups in total. The molecule has 1 aliphatic carbocycles. The van der Waals surface area contributed by atoms with Gasteiger partial charge in [0.15, 0.2) is 9.84 Å². The SMILES string of the molecule is COC1CC2(C1)CN(c1cccc(-c3ccc4cnc(CNC(=O)c5cncc(S(C)(=O)=O)c5)cc4n3)n1)C2. The second-order valence-corrected chi connectivity index (χ2v) is 12.4. The molecule has 1 aliphatic heterocycles. The van der Waals surface area contributed by atoms with Gasteiger partial charge in [-0.05, 0) is 49.2 Å². The van der Waals surface area contributed by atoms with Gasteiger partial charge in [-0.3, -0.25) is 14.8 Å². The van der Waals surface area contributed by atoms with Crippen LogP contribution in [0.1, 0.15) is 28.9 Å². The number of nitrogens with one attached hydrogen (secondary N) is 1. The summed E-state index contributed by atoms with van der Waals surface area (Å²) >= 11 is 0. The molecule has 39 heavy (non-hydrogen) atoms. The van der Waals surface area contributed by atoms with Crippen LogP contribution in [0.3, 0.4) is 0 Å². The maximum Gasteiger partial charge on any atom is 0.253 e. The number of pyridine rings is 4. The normalized spacial score (nSPS) is 16.6. The molecule has 1 amide bonds. The molecule has 0 atom stereocenters. The number of carbonyl (C=O) groups excluding carboxylic acids is 1. The zero-order valence-corrected chi connectivity index (χ0v) is 22.5. The summed E-state index contributed by atoms with van der Waals surface area (Å²) in [7, 11) is -1.68. The third kappa shape index (κ3) is 5.07. The van der Waals surface area contributed by atoms with Crippen molar-refractivity contribution in [1.29, 1.82) is 0 Å². The van der Waals surface area contributed by atoms with Gasteiger partial charge >= 0.3 is 0 Å². The van der Waals surface area contributed by atoms with Crippen LogP contribution in [0.4, 0.5) is 5.82 Å². The number of amides is 1. The zero-order valence-electron chi connectivity index (χ0n) is 21.7. The van der Waals surface area contributed by atoms with E-state index in [9.17, 15) is 13.2 Å². The largest absolute Gasteiger partial charge is 0.381 e. The molecular formula is C28H28N6O4S. The van der Waals surface area contributed by atoms with E-state index in [1.807, 2.05) is 36.4 Å². The first-order valence-corrected chi connectivity index (χ1v) is 14.5. The Labute approximate surface area is 226 Å². The molecule has 0 radical (unpaired) electrons. The molecular weight excluding hydrogens is 516 g/mol. The number of hydrogen-bond acceptors (Lipinski definition) is 9. The van der Waals surface area contributed by atoms with Crippen LogP contribution < -0.4 is 10.2 Å². The van der Waals surface area contributed by atoms with Gasteiger partial charge in [-0.1, -0.05) is 6.07 Å². The van der Waals surface area contributed by atoms with Gasteiger partial charge in [0.2, 0.25) is 0 Å². The fraction of sp³-hybridized carbons (Fsp3) is 0.321. The Morgan fingerprint density at radius 1 is 1.08 bits per heavy atom. The monoisotopic (exact) mass is 544 g/mol. The molecule has 2 aliphatic rings. The number of methoxy groups -OCH3 is 1. The highest BCUT2D eigenvalue weighted by Crippen LogP contribution is 2.50. The molecule has 2 fully saturated rings. The third-order valence-corrected chi connectivity index (χ3v) is 8.57. The van der Waals surface area contributed by atoms with Crippen molar-refractivity contribution < 1.29 is 17.9 Å². The first-order chi connectivity index (χ1) is 18.7. The van der Waals surface area contributed by atoms with E-state index in [2.05, 4.69) is 20.2 Å². The average molecular weight is 545 g/mol. The van der Waals surface area contributed by atoms with Crippen molar-refractivity contribution in [2.24, 2.45) is 5.41 Å². The van der Waals surface area contributed by atoms with Crippen LogP contribution in [0.5, 0.6) is 0 Å². The van der Waals surface area contributed by atoms with Gasteiger partial charge in [0.05, 0.1) is 45.7 Å². The van der Waals surface area contributed by atoms with E-state index in [4.69, 9.17) is 14.7 Å². The lowest BCUT2D eigenvalue weighted by molar-refractivity contribution is -0.0733. The molecule has 11 heteroatoms. The summed E-state index contributed by atoms with van der Waals surface area (Å²) < 4.78 is 29.0. The Morgan fingerprint density at radius 2 is 1.87 bits per heavy atom. The lowest BCUT2D eigenvalue weighted by atomic mass is 9.62. The highest BCUT2D eigenvalue weighted by Gasteiger charge is 2.52. The van der Waals surface area contributed by atoms with Gasteiger partial charge in [0.1, 0.15) is 5.82 Å². The summed E-state index contributed by atoms with van der Waals surface area (Å²) in [4.78, 5) is 32.9. The van der Waals surface area contributed by atoms with E-state index in [1.54, 1.807) is 13.3 Å². The molecule has 6 rings (SSSR count). The Hall–Kier alpha value is -3.96. The number of aromatic nitrogens is 4. The number of fused-ring (bicyclic) bond motifs is 1. The number of carbonyl (C=O) groups is 1. The van der Waals surface area contributed by atoms with Gasteiger partial charge in [-0.25, -0.2) is 18.4 Å². The maximum atomic E-state index is 12.6. The third-order valence-electron chi connectivity index (χ3n) is 7.49. The molecule has 4 aromatic heterocycles. The van der Waals surface area contributed by atoms with Crippen molar-refractivity contribution in [2.45, 2.75) is 30.4 Å². The minimum atomic E-state index is -3.47. The predicted molar refractivity (Wildman–Crippen MR) is 146 cm³/mol. The van der Waals surface area contributed by atoms with E-state index < -0.39 is 15.7 Å². The van der Waals surface area contributed by atoms with E-state index >= 15 is 0 Å². The van der Waals surface area contributed by atoms with Crippen LogP contribution in [0.15, 0.2) is 66.0 Å². The maximum absolute atomic E-state index is 12.6. The summed E-state index contributed by atoms with van der Waals surface area (Å²) in [6.45, 7) is 2.16. The van der Waals surface area contributed by atoms with Gasteiger partial charge in [-0.15, -0.1) is 0 Å². The molecule has 0 unspecified atom stereocenters. The Bertz CT molecular complexity index is 1680. The highest BCUT2D eigenvalue weighted by atomic mass is 32.2. The number of nitrogens with zero attached hydrogens (tertiary/aromatic N) is 5. The van der Waals surface area contributed by atoms with Crippen molar-refractivity contribution in [2.75, 3.05) is 31.4 Å². The van der Waals surface area contributed by atoms with Crippen molar-refractivity contribution in [3.05, 3.63) is 72.3 Å². The van der Waals surface area contributed by atoms with Gasteiger partial charge in [-0.2, -0.15) is 0 Å². The number of rotatable bonds is 7. The van der Waals surface area contributed by atoms with E-state index in [1.165, 1.54) is 18.5 Å². The Kier molecular flexibility index (Phi) is 6.27. The van der Waals surface area contributed by atoms with Crippen LogP contribution >= 0.6 is 0 Å². The topological polar surface area (TPSA) is 127 Å². The highest BCUT2D eigenvalue weighted by molar-refractivity contribution is 7.90.